The molecule has 0 bridgehead atoms. The van der Waals surface area contributed by atoms with Crippen molar-refractivity contribution in [2.75, 3.05) is 10.6 Å². The number of benzene rings is 5. The number of hydrogen-bond acceptors (Lipinski definition) is 4. The molecule has 5 rings (SSSR count). The van der Waals surface area contributed by atoms with Crippen LogP contribution in [-0.4, -0.2) is 17.7 Å². The predicted octanol–water partition coefficient (Wildman–Crippen LogP) is 7.88. The van der Waals surface area contributed by atoms with Gasteiger partial charge in [0.2, 0.25) is 5.91 Å². The third-order valence-corrected chi connectivity index (χ3v) is 7.89. The number of rotatable bonds is 10. The van der Waals surface area contributed by atoms with Gasteiger partial charge < -0.3 is 16.0 Å². The molecule has 6 nitrogen and oxygen atoms in total. The van der Waals surface area contributed by atoms with Crippen LogP contribution >= 0.6 is 11.8 Å². The van der Waals surface area contributed by atoms with Crippen molar-refractivity contribution in [3.05, 3.63) is 167 Å². The summed E-state index contributed by atoms with van der Waals surface area (Å²) in [5.41, 5.74) is 4.49. The molecule has 0 aliphatic carbocycles. The van der Waals surface area contributed by atoms with Gasteiger partial charge in [-0.15, -0.1) is 11.8 Å². The van der Waals surface area contributed by atoms with Crippen LogP contribution in [0.3, 0.4) is 0 Å². The number of para-hydroxylation sites is 1. The molecule has 218 valence electrons. The molecule has 0 aromatic heterocycles. The van der Waals surface area contributed by atoms with Crippen LogP contribution in [0.15, 0.2) is 150 Å². The standard InChI is InChI=1S/C37H31N3O3S/c1-26-20-22-27(23-21-26)24-33(40-35(41)29-14-7-3-8-15-29)36(42)39-31-18-11-19-32(25-31)44-34(28-12-5-2-6-13-28)37(43)38-30-16-9-4-10-17-30/h2-25,34H,1H3,(H,38,43)(H,39,42)(H,40,41)/b33-24-. The van der Waals surface area contributed by atoms with Crippen molar-refractivity contribution in [3.8, 4) is 0 Å². The SMILES string of the molecule is Cc1ccc(/C=C(\NC(=O)c2ccccc2)C(=O)Nc2cccc(SC(C(=O)Nc3ccccc3)c3ccccc3)c2)cc1. The maximum atomic E-state index is 13.6. The summed E-state index contributed by atoms with van der Waals surface area (Å²) in [4.78, 5) is 40.8. The topological polar surface area (TPSA) is 87.3 Å². The van der Waals surface area contributed by atoms with Gasteiger partial charge in [-0.1, -0.05) is 103 Å². The second-order valence-corrected chi connectivity index (χ2v) is 11.2. The smallest absolute Gasteiger partial charge is 0.272 e. The van der Waals surface area contributed by atoms with Crippen molar-refractivity contribution in [3.63, 3.8) is 0 Å². The monoisotopic (exact) mass is 597 g/mol. The van der Waals surface area contributed by atoms with Gasteiger partial charge in [0, 0.05) is 21.8 Å². The van der Waals surface area contributed by atoms with E-state index >= 15 is 0 Å². The molecule has 3 amide bonds. The number of carbonyl (C=O) groups excluding carboxylic acids is 3. The highest BCUT2D eigenvalue weighted by Gasteiger charge is 2.23. The number of nitrogens with one attached hydrogen (secondary N) is 3. The summed E-state index contributed by atoms with van der Waals surface area (Å²) in [7, 11) is 0. The Morgan fingerprint density at radius 3 is 1.95 bits per heavy atom. The van der Waals surface area contributed by atoms with Gasteiger partial charge in [0.05, 0.1) is 0 Å². The van der Waals surface area contributed by atoms with E-state index in [0.717, 1.165) is 21.6 Å². The summed E-state index contributed by atoms with van der Waals surface area (Å²) in [6, 6.07) is 42.6. The molecular formula is C37H31N3O3S. The summed E-state index contributed by atoms with van der Waals surface area (Å²) >= 11 is 1.38. The van der Waals surface area contributed by atoms with Crippen molar-refractivity contribution in [1.82, 2.24) is 5.32 Å². The third kappa shape index (κ3) is 8.33. The minimum absolute atomic E-state index is 0.102. The molecule has 5 aromatic carbocycles. The first-order chi connectivity index (χ1) is 21.4. The molecular weight excluding hydrogens is 566 g/mol. The number of hydrogen-bond donors (Lipinski definition) is 3. The Balaban J connectivity index is 1.37. The molecule has 1 atom stereocenters. The van der Waals surface area contributed by atoms with E-state index in [1.54, 1.807) is 36.4 Å². The second-order valence-electron chi connectivity index (χ2n) is 10.0. The summed E-state index contributed by atoms with van der Waals surface area (Å²) in [6.07, 6.45) is 1.65. The Labute approximate surface area is 261 Å². The number of anilines is 2. The fourth-order valence-corrected chi connectivity index (χ4v) is 5.47. The van der Waals surface area contributed by atoms with Crippen LogP contribution in [0.4, 0.5) is 11.4 Å². The minimum atomic E-state index is -0.537. The lowest BCUT2D eigenvalue weighted by atomic mass is 10.1. The zero-order chi connectivity index (χ0) is 30.7. The van der Waals surface area contributed by atoms with Crippen molar-refractivity contribution < 1.29 is 14.4 Å². The second kappa shape index (κ2) is 14.7. The lowest BCUT2D eigenvalue weighted by Crippen LogP contribution is -2.30. The Morgan fingerprint density at radius 2 is 1.27 bits per heavy atom. The van der Waals surface area contributed by atoms with E-state index in [1.165, 1.54) is 11.8 Å². The van der Waals surface area contributed by atoms with Crippen molar-refractivity contribution in [2.45, 2.75) is 17.1 Å². The molecule has 0 aliphatic heterocycles. The quantitative estimate of drug-likeness (QED) is 0.113. The van der Waals surface area contributed by atoms with Gasteiger partial charge in [0.25, 0.3) is 11.8 Å². The van der Waals surface area contributed by atoms with Gasteiger partial charge in [0.15, 0.2) is 0 Å². The normalized spacial score (nSPS) is 11.7. The van der Waals surface area contributed by atoms with Crippen LogP contribution in [0.2, 0.25) is 0 Å². The molecule has 1 unspecified atom stereocenters. The molecule has 0 heterocycles. The molecule has 5 aromatic rings. The highest BCUT2D eigenvalue weighted by atomic mass is 32.2. The lowest BCUT2D eigenvalue weighted by Gasteiger charge is -2.18. The highest BCUT2D eigenvalue weighted by Crippen LogP contribution is 2.37. The molecule has 44 heavy (non-hydrogen) atoms. The van der Waals surface area contributed by atoms with Crippen LogP contribution in [0.25, 0.3) is 6.08 Å². The van der Waals surface area contributed by atoms with Crippen molar-refractivity contribution in [1.29, 1.82) is 0 Å². The fourth-order valence-electron chi connectivity index (χ4n) is 4.38. The predicted molar refractivity (Wildman–Crippen MR) is 178 cm³/mol. The van der Waals surface area contributed by atoms with Crippen LogP contribution < -0.4 is 16.0 Å². The van der Waals surface area contributed by atoms with Crippen LogP contribution in [0.1, 0.15) is 32.3 Å². The number of aryl methyl sites for hydroxylation is 1. The Hall–Kier alpha value is -5.40. The molecule has 0 radical (unpaired) electrons. The van der Waals surface area contributed by atoms with Crippen molar-refractivity contribution in [2.24, 2.45) is 0 Å². The van der Waals surface area contributed by atoms with E-state index in [9.17, 15) is 14.4 Å². The van der Waals surface area contributed by atoms with E-state index in [2.05, 4.69) is 16.0 Å². The Bertz CT molecular complexity index is 1760. The molecule has 0 saturated heterocycles. The summed E-state index contributed by atoms with van der Waals surface area (Å²) < 4.78 is 0. The van der Waals surface area contributed by atoms with E-state index < -0.39 is 17.1 Å². The first-order valence-corrected chi connectivity index (χ1v) is 15.0. The Kier molecular flexibility index (Phi) is 10.0. The average molecular weight is 598 g/mol. The fraction of sp³-hybridized carbons (Fsp3) is 0.0541. The number of thioether (sulfide) groups is 1. The summed E-state index contributed by atoms with van der Waals surface area (Å²) in [5.74, 6) is -1.02. The highest BCUT2D eigenvalue weighted by molar-refractivity contribution is 8.00. The van der Waals surface area contributed by atoms with E-state index in [0.29, 0.717) is 16.9 Å². The van der Waals surface area contributed by atoms with Gasteiger partial charge in [-0.25, -0.2) is 0 Å². The Morgan fingerprint density at radius 1 is 0.659 bits per heavy atom. The maximum absolute atomic E-state index is 13.6. The van der Waals surface area contributed by atoms with E-state index in [4.69, 9.17) is 0 Å². The van der Waals surface area contributed by atoms with Gasteiger partial charge in [-0.2, -0.15) is 0 Å². The minimum Gasteiger partial charge on any atom is -0.325 e. The first-order valence-electron chi connectivity index (χ1n) is 14.1. The zero-order valence-corrected chi connectivity index (χ0v) is 24.9. The van der Waals surface area contributed by atoms with Crippen molar-refractivity contribution >= 4 is 46.9 Å². The molecule has 0 saturated carbocycles. The van der Waals surface area contributed by atoms with Gasteiger partial charge in [0.1, 0.15) is 10.9 Å². The molecule has 3 N–H and O–H groups in total. The summed E-state index contributed by atoms with van der Waals surface area (Å²) in [6.45, 7) is 1.98. The molecule has 0 fully saturated rings. The largest absolute Gasteiger partial charge is 0.325 e. The summed E-state index contributed by atoms with van der Waals surface area (Å²) in [5, 5.41) is 8.16. The number of carbonyl (C=O) groups is 3. The van der Waals surface area contributed by atoms with Crippen LogP contribution in [0, 0.1) is 6.92 Å². The average Bonchev–Trinajstić information content (AvgIpc) is 3.05. The van der Waals surface area contributed by atoms with E-state index in [-0.39, 0.29) is 11.6 Å². The molecule has 7 heteroatoms. The van der Waals surface area contributed by atoms with Crippen LogP contribution in [0.5, 0.6) is 0 Å². The zero-order valence-electron chi connectivity index (χ0n) is 24.1. The lowest BCUT2D eigenvalue weighted by molar-refractivity contribution is -0.116. The molecule has 0 aliphatic rings. The van der Waals surface area contributed by atoms with Gasteiger partial charge >= 0.3 is 0 Å². The molecule has 0 spiro atoms. The van der Waals surface area contributed by atoms with Gasteiger partial charge in [-0.05, 0) is 66.6 Å². The first kappa shape index (κ1) is 30.1. The van der Waals surface area contributed by atoms with Gasteiger partial charge in [-0.3, -0.25) is 14.4 Å². The van der Waals surface area contributed by atoms with Crippen LogP contribution in [-0.2, 0) is 9.59 Å². The maximum Gasteiger partial charge on any atom is 0.272 e. The third-order valence-electron chi connectivity index (χ3n) is 6.64. The number of amides is 3. The van der Waals surface area contributed by atoms with E-state index in [1.807, 2.05) is 116 Å².